The fraction of sp³-hybridized carbons (Fsp3) is 0.118. The van der Waals surface area contributed by atoms with Crippen LogP contribution in [0.2, 0.25) is 0 Å². The molecule has 1 amide bonds. The molecule has 0 spiro atoms. The summed E-state index contributed by atoms with van der Waals surface area (Å²) < 4.78 is 65.6. The highest BCUT2D eigenvalue weighted by molar-refractivity contribution is 9.11. The Kier molecular flexibility index (Phi) is 6.32. The van der Waals surface area contributed by atoms with Crippen molar-refractivity contribution in [3.8, 4) is 0 Å². The SMILES string of the molecule is C=C(Br)CNC(=O)c1ccc(S(=O)(=O)Nc2cccc(C(F)(F)F)c2)cc1. The van der Waals surface area contributed by atoms with Gasteiger partial charge in [0.1, 0.15) is 0 Å². The van der Waals surface area contributed by atoms with Gasteiger partial charge in [-0.1, -0.05) is 28.6 Å². The van der Waals surface area contributed by atoms with Crippen LogP contribution in [0, 0.1) is 0 Å². The predicted molar refractivity (Wildman–Crippen MR) is 99.1 cm³/mol. The summed E-state index contributed by atoms with van der Waals surface area (Å²) in [6, 6.07) is 8.83. The molecule has 27 heavy (non-hydrogen) atoms. The van der Waals surface area contributed by atoms with E-state index in [1.807, 2.05) is 0 Å². The van der Waals surface area contributed by atoms with E-state index in [0.717, 1.165) is 12.1 Å². The van der Waals surface area contributed by atoms with Crippen LogP contribution in [-0.2, 0) is 16.2 Å². The molecule has 0 unspecified atom stereocenters. The van der Waals surface area contributed by atoms with Gasteiger partial charge < -0.3 is 5.32 Å². The number of sulfonamides is 1. The summed E-state index contributed by atoms with van der Waals surface area (Å²) in [7, 11) is -4.11. The number of hydrogen-bond acceptors (Lipinski definition) is 3. The first-order valence-electron chi connectivity index (χ1n) is 7.41. The minimum Gasteiger partial charge on any atom is -0.347 e. The number of halogens is 4. The quantitative estimate of drug-likeness (QED) is 0.676. The normalized spacial score (nSPS) is 11.7. The Morgan fingerprint density at radius 3 is 2.30 bits per heavy atom. The number of carbonyl (C=O) groups excluding carboxylic acids is 1. The Morgan fingerprint density at radius 1 is 1.11 bits per heavy atom. The zero-order valence-electron chi connectivity index (χ0n) is 13.7. The van der Waals surface area contributed by atoms with E-state index in [0.29, 0.717) is 10.5 Å². The van der Waals surface area contributed by atoms with E-state index >= 15 is 0 Å². The van der Waals surface area contributed by atoms with Crippen molar-refractivity contribution >= 4 is 37.5 Å². The Bertz CT molecular complexity index is 958. The number of rotatable bonds is 6. The van der Waals surface area contributed by atoms with Gasteiger partial charge in [0.05, 0.1) is 10.5 Å². The van der Waals surface area contributed by atoms with Gasteiger partial charge in [0.25, 0.3) is 15.9 Å². The molecule has 0 radical (unpaired) electrons. The lowest BCUT2D eigenvalue weighted by Gasteiger charge is -2.11. The van der Waals surface area contributed by atoms with Crippen molar-refractivity contribution in [2.75, 3.05) is 11.3 Å². The van der Waals surface area contributed by atoms with Crippen LogP contribution in [0.15, 0.2) is 64.5 Å². The Balaban J connectivity index is 2.17. The van der Waals surface area contributed by atoms with Crippen LogP contribution in [0.3, 0.4) is 0 Å². The van der Waals surface area contributed by atoms with Crippen molar-refractivity contribution in [2.24, 2.45) is 0 Å². The molecule has 0 fully saturated rings. The van der Waals surface area contributed by atoms with Gasteiger partial charge in [-0.3, -0.25) is 9.52 Å². The number of amides is 1. The molecule has 0 aliphatic carbocycles. The summed E-state index contributed by atoms with van der Waals surface area (Å²) in [6.07, 6.45) is -4.59. The molecule has 0 aliphatic heterocycles. The lowest BCUT2D eigenvalue weighted by atomic mass is 10.2. The molecule has 0 heterocycles. The maximum absolute atomic E-state index is 12.7. The Labute approximate surface area is 162 Å². The minimum absolute atomic E-state index is 0.193. The Morgan fingerprint density at radius 2 is 1.74 bits per heavy atom. The Hall–Kier alpha value is -2.33. The molecule has 144 valence electrons. The lowest BCUT2D eigenvalue weighted by molar-refractivity contribution is -0.137. The van der Waals surface area contributed by atoms with Crippen LogP contribution < -0.4 is 10.0 Å². The van der Waals surface area contributed by atoms with Crippen molar-refractivity contribution in [1.29, 1.82) is 0 Å². The molecule has 2 N–H and O–H groups in total. The molecule has 0 atom stereocenters. The molecule has 0 aliphatic rings. The van der Waals surface area contributed by atoms with Gasteiger partial charge >= 0.3 is 6.18 Å². The monoisotopic (exact) mass is 462 g/mol. The topological polar surface area (TPSA) is 75.3 Å². The molecule has 0 bridgehead atoms. The van der Waals surface area contributed by atoms with E-state index < -0.39 is 27.7 Å². The lowest BCUT2D eigenvalue weighted by Crippen LogP contribution is -2.24. The third-order valence-corrected chi connectivity index (χ3v) is 4.99. The van der Waals surface area contributed by atoms with E-state index in [1.165, 1.54) is 30.3 Å². The van der Waals surface area contributed by atoms with Crippen LogP contribution in [-0.4, -0.2) is 20.9 Å². The number of nitrogens with one attached hydrogen (secondary N) is 2. The molecule has 2 aromatic rings. The molecular weight excluding hydrogens is 449 g/mol. The zero-order chi connectivity index (χ0) is 20.2. The van der Waals surface area contributed by atoms with Crippen LogP contribution in [0.25, 0.3) is 0 Å². The standard InChI is InChI=1S/C17H14BrF3N2O3S/c1-11(18)10-22-16(24)12-5-7-15(8-6-12)27(25,26)23-14-4-2-3-13(9-14)17(19,20)21/h2-9,23H,1,10H2,(H,22,24). The highest BCUT2D eigenvalue weighted by Crippen LogP contribution is 2.31. The first kappa shape index (κ1) is 21.0. The summed E-state index contributed by atoms with van der Waals surface area (Å²) >= 11 is 3.09. The van der Waals surface area contributed by atoms with Gasteiger partial charge in [-0.25, -0.2) is 8.42 Å². The maximum atomic E-state index is 12.7. The average Bonchev–Trinajstić information content (AvgIpc) is 2.59. The fourth-order valence-electron chi connectivity index (χ4n) is 2.04. The van der Waals surface area contributed by atoms with Gasteiger partial charge in [-0.2, -0.15) is 13.2 Å². The molecule has 2 rings (SSSR count). The van der Waals surface area contributed by atoms with E-state index in [4.69, 9.17) is 0 Å². The van der Waals surface area contributed by atoms with Crippen molar-refractivity contribution < 1.29 is 26.4 Å². The molecule has 5 nitrogen and oxygen atoms in total. The highest BCUT2D eigenvalue weighted by Gasteiger charge is 2.30. The molecular formula is C17H14BrF3N2O3S. The minimum atomic E-state index is -4.59. The first-order chi connectivity index (χ1) is 12.5. The molecule has 0 aromatic heterocycles. The summed E-state index contributed by atoms with van der Waals surface area (Å²) in [5, 5.41) is 2.56. The number of benzene rings is 2. The maximum Gasteiger partial charge on any atom is 0.416 e. The second-order valence-electron chi connectivity index (χ2n) is 5.41. The zero-order valence-corrected chi connectivity index (χ0v) is 16.1. The number of carbonyl (C=O) groups is 1. The number of alkyl halides is 3. The summed E-state index contributed by atoms with van der Waals surface area (Å²) in [5.41, 5.74) is -0.965. The van der Waals surface area contributed by atoms with Crippen molar-refractivity contribution in [3.63, 3.8) is 0 Å². The van der Waals surface area contributed by atoms with E-state index in [2.05, 4.69) is 32.5 Å². The molecule has 0 saturated carbocycles. The van der Waals surface area contributed by atoms with Gasteiger partial charge in [-0.05, 0) is 42.5 Å². The predicted octanol–water partition coefficient (Wildman–Crippen LogP) is 4.14. The van der Waals surface area contributed by atoms with E-state index in [-0.39, 0.29) is 22.7 Å². The summed E-state index contributed by atoms with van der Waals surface area (Å²) in [5.74, 6) is -0.426. The molecule has 2 aromatic carbocycles. The summed E-state index contributed by atoms with van der Waals surface area (Å²) in [6.45, 7) is 3.78. The van der Waals surface area contributed by atoms with Gasteiger partial charge in [-0.15, -0.1) is 0 Å². The van der Waals surface area contributed by atoms with E-state index in [1.54, 1.807) is 0 Å². The molecule has 0 saturated heterocycles. The van der Waals surface area contributed by atoms with Crippen molar-refractivity contribution in [3.05, 3.63) is 70.7 Å². The van der Waals surface area contributed by atoms with Gasteiger partial charge in [0.15, 0.2) is 0 Å². The second-order valence-corrected chi connectivity index (χ2v) is 8.21. The van der Waals surface area contributed by atoms with Gasteiger partial charge in [0, 0.05) is 22.3 Å². The summed E-state index contributed by atoms with van der Waals surface area (Å²) in [4.78, 5) is 11.7. The highest BCUT2D eigenvalue weighted by atomic mass is 79.9. The van der Waals surface area contributed by atoms with Crippen LogP contribution in [0.4, 0.5) is 18.9 Å². The average molecular weight is 463 g/mol. The fourth-order valence-corrected chi connectivity index (χ4v) is 3.23. The van der Waals surface area contributed by atoms with Gasteiger partial charge in [0.2, 0.25) is 0 Å². The van der Waals surface area contributed by atoms with Crippen molar-refractivity contribution in [1.82, 2.24) is 5.32 Å². The molecule has 10 heteroatoms. The third kappa shape index (κ3) is 5.83. The van der Waals surface area contributed by atoms with Crippen LogP contribution in [0.5, 0.6) is 0 Å². The second kappa shape index (κ2) is 8.13. The smallest absolute Gasteiger partial charge is 0.347 e. The van der Waals surface area contributed by atoms with E-state index in [9.17, 15) is 26.4 Å². The van der Waals surface area contributed by atoms with Crippen LogP contribution >= 0.6 is 15.9 Å². The first-order valence-corrected chi connectivity index (χ1v) is 9.68. The third-order valence-electron chi connectivity index (χ3n) is 3.31. The largest absolute Gasteiger partial charge is 0.416 e. The van der Waals surface area contributed by atoms with Crippen LogP contribution in [0.1, 0.15) is 15.9 Å². The number of hydrogen-bond donors (Lipinski definition) is 2. The number of anilines is 1. The van der Waals surface area contributed by atoms with Crippen molar-refractivity contribution in [2.45, 2.75) is 11.1 Å².